The number of aromatic hydroxyl groups is 1. The molecule has 0 aromatic heterocycles. The second kappa shape index (κ2) is 6.28. The van der Waals surface area contributed by atoms with Gasteiger partial charge in [-0.15, -0.1) is 0 Å². The van der Waals surface area contributed by atoms with Crippen molar-refractivity contribution in [2.75, 3.05) is 12.4 Å². The van der Waals surface area contributed by atoms with Crippen molar-refractivity contribution in [3.63, 3.8) is 0 Å². The molecule has 0 heterocycles. The molecule has 3 nitrogen and oxygen atoms in total. The van der Waals surface area contributed by atoms with Gasteiger partial charge in [-0.05, 0) is 24.6 Å². The van der Waals surface area contributed by atoms with Gasteiger partial charge in [-0.1, -0.05) is 25.1 Å². The van der Waals surface area contributed by atoms with Crippen LogP contribution >= 0.6 is 0 Å². The van der Waals surface area contributed by atoms with E-state index in [1.165, 1.54) is 13.2 Å². The highest BCUT2D eigenvalue weighted by molar-refractivity contribution is 5.51. The van der Waals surface area contributed by atoms with Gasteiger partial charge in [-0.2, -0.15) is 0 Å². The van der Waals surface area contributed by atoms with Crippen molar-refractivity contribution in [3.8, 4) is 11.5 Å². The lowest BCUT2D eigenvalue weighted by Crippen LogP contribution is -2.10. The van der Waals surface area contributed by atoms with Crippen molar-refractivity contribution in [1.82, 2.24) is 0 Å². The van der Waals surface area contributed by atoms with Gasteiger partial charge in [-0.25, -0.2) is 4.39 Å². The molecule has 0 spiro atoms. The fourth-order valence-electron chi connectivity index (χ4n) is 2.13. The summed E-state index contributed by atoms with van der Waals surface area (Å²) in [5.74, 6) is 0.0525. The number of rotatable bonds is 5. The molecule has 0 fully saturated rings. The molecule has 2 aromatic carbocycles. The van der Waals surface area contributed by atoms with Crippen LogP contribution in [0.5, 0.6) is 11.5 Å². The van der Waals surface area contributed by atoms with Crippen molar-refractivity contribution >= 4 is 5.69 Å². The highest BCUT2D eigenvalue weighted by atomic mass is 19.1. The highest BCUT2D eigenvalue weighted by Gasteiger charge is 2.13. The number of para-hydroxylation sites is 1. The normalized spacial score (nSPS) is 11.9. The molecule has 1 unspecified atom stereocenters. The SMILES string of the molecule is CCC(Nc1ccc(F)c(OC)c1)c1ccccc1O. The van der Waals surface area contributed by atoms with Crippen molar-refractivity contribution in [2.45, 2.75) is 19.4 Å². The smallest absolute Gasteiger partial charge is 0.165 e. The standard InChI is InChI=1S/C16H18FNO2/c1-3-14(12-6-4-5-7-15(12)19)18-11-8-9-13(17)16(10-11)20-2/h4-10,14,18-19H,3H2,1-2H3. The first kappa shape index (κ1) is 14.2. The second-order valence-electron chi connectivity index (χ2n) is 4.51. The minimum Gasteiger partial charge on any atom is -0.508 e. The summed E-state index contributed by atoms with van der Waals surface area (Å²) >= 11 is 0. The summed E-state index contributed by atoms with van der Waals surface area (Å²) in [6.07, 6.45) is 0.789. The van der Waals surface area contributed by atoms with Gasteiger partial charge >= 0.3 is 0 Å². The summed E-state index contributed by atoms with van der Waals surface area (Å²) in [5.41, 5.74) is 1.57. The summed E-state index contributed by atoms with van der Waals surface area (Å²) in [6.45, 7) is 2.02. The molecule has 20 heavy (non-hydrogen) atoms. The van der Waals surface area contributed by atoms with Gasteiger partial charge in [0.15, 0.2) is 11.6 Å². The van der Waals surface area contributed by atoms with Crippen LogP contribution in [0.3, 0.4) is 0 Å². The van der Waals surface area contributed by atoms with Gasteiger partial charge in [0.25, 0.3) is 0 Å². The molecule has 106 valence electrons. The Balaban J connectivity index is 2.25. The Kier molecular flexibility index (Phi) is 4.45. The van der Waals surface area contributed by atoms with Crippen LogP contribution in [0, 0.1) is 5.82 Å². The molecule has 2 rings (SSSR count). The van der Waals surface area contributed by atoms with Gasteiger partial charge < -0.3 is 15.2 Å². The van der Waals surface area contributed by atoms with Crippen LogP contribution in [-0.2, 0) is 0 Å². The van der Waals surface area contributed by atoms with Crippen molar-refractivity contribution in [2.24, 2.45) is 0 Å². The molecule has 0 amide bonds. The first-order chi connectivity index (χ1) is 9.65. The summed E-state index contributed by atoms with van der Waals surface area (Å²) in [5, 5.41) is 13.2. The average molecular weight is 275 g/mol. The zero-order chi connectivity index (χ0) is 14.5. The third kappa shape index (κ3) is 3.02. The number of phenols is 1. The van der Waals surface area contributed by atoms with E-state index in [1.54, 1.807) is 24.3 Å². The lowest BCUT2D eigenvalue weighted by Gasteiger charge is -2.20. The maximum atomic E-state index is 13.4. The summed E-state index contributed by atoms with van der Waals surface area (Å²) < 4.78 is 18.3. The largest absolute Gasteiger partial charge is 0.508 e. The summed E-state index contributed by atoms with van der Waals surface area (Å²) in [6, 6.07) is 11.8. The van der Waals surface area contributed by atoms with Gasteiger partial charge in [0.2, 0.25) is 0 Å². The number of phenolic OH excluding ortho intramolecular Hbond substituents is 1. The van der Waals surface area contributed by atoms with Crippen LogP contribution < -0.4 is 10.1 Å². The zero-order valence-electron chi connectivity index (χ0n) is 11.6. The number of nitrogens with one attached hydrogen (secondary N) is 1. The minimum atomic E-state index is -0.395. The third-order valence-corrected chi connectivity index (χ3v) is 3.21. The molecule has 0 radical (unpaired) electrons. The molecule has 0 bridgehead atoms. The van der Waals surface area contributed by atoms with E-state index in [2.05, 4.69) is 5.32 Å². The maximum absolute atomic E-state index is 13.4. The number of hydrogen-bond donors (Lipinski definition) is 2. The van der Waals surface area contributed by atoms with Gasteiger partial charge in [-0.3, -0.25) is 0 Å². The Bertz CT molecular complexity index is 586. The lowest BCUT2D eigenvalue weighted by atomic mass is 10.0. The molecule has 2 N–H and O–H groups in total. The first-order valence-electron chi connectivity index (χ1n) is 6.53. The molecule has 0 aliphatic rings. The first-order valence-corrected chi connectivity index (χ1v) is 6.53. The Morgan fingerprint density at radius 3 is 2.65 bits per heavy atom. The van der Waals surface area contributed by atoms with E-state index >= 15 is 0 Å². The molecule has 0 saturated carbocycles. The summed E-state index contributed by atoms with van der Waals surface area (Å²) in [4.78, 5) is 0. The number of ether oxygens (including phenoxy) is 1. The van der Waals surface area contributed by atoms with Crippen LogP contribution in [0.15, 0.2) is 42.5 Å². The van der Waals surface area contributed by atoms with Gasteiger partial charge in [0.05, 0.1) is 13.2 Å². The number of methoxy groups -OCH3 is 1. The highest BCUT2D eigenvalue weighted by Crippen LogP contribution is 2.30. The molecule has 0 saturated heterocycles. The van der Waals surface area contributed by atoms with Crippen LogP contribution in [0.25, 0.3) is 0 Å². The van der Waals surface area contributed by atoms with Crippen molar-refractivity contribution in [3.05, 3.63) is 53.8 Å². The van der Waals surface area contributed by atoms with E-state index in [1.807, 2.05) is 19.1 Å². The monoisotopic (exact) mass is 275 g/mol. The number of benzene rings is 2. The van der Waals surface area contributed by atoms with Gasteiger partial charge in [0, 0.05) is 17.3 Å². The van der Waals surface area contributed by atoms with E-state index in [4.69, 9.17) is 4.74 Å². The topological polar surface area (TPSA) is 41.5 Å². The molecular formula is C16H18FNO2. The van der Waals surface area contributed by atoms with E-state index < -0.39 is 5.82 Å². The Labute approximate surface area is 118 Å². The molecule has 2 aromatic rings. The number of anilines is 1. The maximum Gasteiger partial charge on any atom is 0.165 e. The second-order valence-corrected chi connectivity index (χ2v) is 4.51. The van der Waals surface area contributed by atoms with Crippen LogP contribution in [0.4, 0.5) is 10.1 Å². The van der Waals surface area contributed by atoms with Gasteiger partial charge in [0.1, 0.15) is 5.75 Å². The van der Waals surface area contributed by atoms with Crippen LogP contribution in [0.1, 0.15) is 24.9 Å². The third-order valence-electron chi connectivity index (χ3n) is 3.21. The van der Waals surface area contributed by atoms with Crippen LogP contribution in [-0.4, -0.2) is 12.2 Å². The lowest BCUT2D eigenvalue weighted by molar-refractivity contribution is 0.386. The van der Waals surface area contributed by atoms with Crippen LogP contribution in [0.2, 0.25) is 0 Å². The quantitative estimate of drug-likeness (QED) is 0.863. The Morgan fingerprint density at radius 2 is 2.00 bits per heavy atom. The Morgan fingerprint density at radius 1 is 1.25 bits per heavy atom. The number of hydrogen-bond acceptors (Lipinski definition) is 3. The molecular weight excluding hydrogens is 257 g/mol. The van der Waals surface area contributed by atoms with E-state index in [9.17, 15) is 9.50 Å². The van der Waals surface area contributed by atoms with Crippen molar-refractivity contribution in [1.29, 1.82) is 0 Å². The molecule has 4 heteroatoms. The fourth-order valence-corrected chi connectivity index (χ4v) is 2.13. The molecule has 1 atom stereocenters. The average Bonchev–Trinajstić information content (AvgIpc) is 2.47. The van der Waals surface area contributed by atoms with E-state index in [0.29, 0.717) is 0 Å². The van der Waals surface area contributed by atoms with E-state index in [-0.39, 0.29) is 17.5 Å². The summed E-state index contributed by atoms with van der Waals surface area (Å²) in [7, 11) is 1.43. The molecule has 0 aliphatic carbocycles. The number of halogens is 1. The van der Waals surface area contributed by atoms with E-state index in [0.717, 1.165) is 17.7 Å². The molecule has 0 aliphatic heterocycles. The fraction of sp³-hybridized carbons (Fsp3) is 0.250. The Hall–Kier alpha value is -2.23. The van der Waals surface area contributed by atoms with Crippen molar-refractivity contribution < 1.29 is 14.2 Å². The zero-order valence-corrected chi connectivity index (χ0v) is 11.6. The predicted molar refractivity (Wildman–Crippen MR) is 77.7 cm³/mol. The predicted octanol–water partition coefficient (Wildman–Crippen LogP) is 4.10. The minimum absolute atomic E-state index is 0.0497.